The van der Waals surface area contributed by atoms with Gasteiger partial charge < -0.3 is 24.6 Å². The third kappa shape index (κ3) is 7.28. The average Bonchev–Trinajstić information content (AvgIpc) is 2.95. The molecule has 3 unspecified atom stereocenters. The normalized spacial score (nSPS) is 17.3. The second kappa shape index (κ2) is 14.0. The van der Waals surface area contributed by atoms with Gasteiger partial charge in [-0.3, -0.25) is 19.9 Å². The van der Waals surface area contributed by atoms with Gasteiger partial charge in [-0.2, -0.15) is 5.26 Å². The van der Waals surface area contributed by atoms with Crippen molar-refractivity contribution in [1.82, 2.24) is 5.32 Å². The molecule has 0 bridgehead atoms. The molecule has 0 radical (unpaired) electrons. The molecule has 0 aliphatic carbocycles. The first kappa shape index (κ1) is 29.9. The van der Waals surface area contributed by atoms with Gasteiger partial charge in [-0.05, 0) is 31.5 Å². The van der Waals surface area contributed by atoms with Crippen LogP contribution in [-0.2, 0) is 19.1 Å². The van der Waals surface area contributed by atoms with E-state index < -0.39 is 34.8 Å². The Kier molecular flexibility index (Phi) is 10.5. The highest BCUT2D eigenvalue weighted by atomic mass is 16.6. The number of nitriles is 1. The molecule has 3 rings (SSSR count). The van der Waals surface area contributed by atoms with Crippen LogP contribution in [0.5, 0.6) is 5.75 Å². The number of nitrogens with zero attached hydrogens (tertiary/aromatic N) is 3. The minimum Gasteiger partial charge on any atom is -0.489 e. The Morgan fingerprint density at radius 1 is 1.23 bits per heavy atom. The highest BCUT2D eigenvalue weighted by Crippen LogP contribution is 2.40. The Hall–Kier alpha value is -4.60. The summed E-state index contributed by atoms with van der Waals surface area (Å²) >= 11 is 0. The Balaban J connectivity index is 1.64. The molecule has 1 heterocycles. The second-order valence-electron chi connectivity index (χ2n) is 9.00. The Bertz CT molecular complexity index is 1360. The number of aliphatic imine (C=N–C) groups is 1. The van der Waals surface area contributed by atoms with Crippen LogP contribution >= 0.6 is 0 Å². The molecule has 0 amide bonds. The minimum absolute atomic E-state index is 0.0469. The topological polar surface area (TPSA) is 173 Å². The van der Waals surface area contributed by atoms with Gasteiger partial charge in [0.05, 0.1) is 23.2 Å². The molecular formula is C28H30N4O8. The van der Waals surface area contributed by atoms with Crippen molar-refractivity contribution in [2.24, 2.45) is 10.9 Å². The van der Waals surface area contributed by atoms with E-state index in [0.717, 1.165) is 0 Å². The molecule has 210 valence electrons. The molecule has 1 aliphatic heterocycles. The van der Waals surface area contributed by atoms with Crippen LogP contribution in [0.1, 0.15) is 30.9 Å². The standard InChI is InChI=1S/C28H30N4O8/c1-17-24(27(34)38-3)26(19-8-6-9-21(13-19)32(36)37)25(18(2)31-17)28(35)39-12-11-30-15-22(33)16-40-23-10-5-4-7-20(23)14-29/h4-10,13,22,24,26,30,33H,11-12,15-16H2,1-3H3. The fourth-order valence-electron chi connectivity index (χ4n) is 4.42. The number of ether oxygens (including phenoxy) is 3. The first-order valence-electron chi connectivity index (χ1n) is 12.4. The van der Waals surface area contributed by atoms with Crippen molar-refractivity contribution < 1.29 is 33.8 Å². The van der Waals surface area contributed by atoms with Gasteiger partial charge in [-0.15, -0.1) is 0 Å². The van der Waals surface area contributed by atoms with Crippen molar-refractivity contribution in [1.29, 1.82) is 5.26 Å². The molecule has 3 atom stereocenters. The number of hydrogen-bond acceptors (Lipinski definition) is 11. The highest BCUT2D eigenvalue weighted by Gasteiger charge is 2.42. The van der Waals surface area contributed by atoms with E-state index in [1.807, 2.05) is 6.07 Å². The first-order valence-corrected chi connectivity index (χ1v) is 12.4. The number of hydrogen-bond donors (Lipinski definition) is 2. The number of nitro groups is 1. The quantitative estimate of drug-likeness (QED) is 0.173. The third-order valence-corrected chi connectivity index (χ3v) is 6.27. The van der Waals surface area contributed by atoms with Crippen molar-refractivity contribution in [2.75, 3.05) is 33.4 Å². The highest BCUT2D eigenvalue weighted by molar-refractivity contribution is 6.07. The molecule has 40 heavy (non-hydrogen) atoms. The molecule has 0 spiro atoms. The zero-order valence-corrected chi connectivity index (χ0v) is 22.3. The summed E-state index contributed by atoms with van der Waals surface area (Å²) < 4.78 is 15.9. The van der Waals surface area contributed by atoms with Gasteiger partial charge in [0.1, 0.15) is 37.1 Å². The lowest BCUT2D eigenvalue weighted by atomic mass is 9.75. The van der Waals surface area contributed by atoms with Crippen LogP contribution in [-0.4, -0.2) is 67.2 Å². The summed E-state index contributed by atoms with van der Waals surface area (Å²) in [5.74, 6) is -2.86. The number of non-ortho nitro benzene ring substituents is 1. The smallest absolute Gasteiger partial charge is 0.336 e. The zero-order chi connectivity index (χ0) is 29.2. The number of allylic oxidation sites excluding steroid dienone is 1. The molecule has 12 heteroatoms. The lowest BCUT2D eigenvalue weighted by Gasteiger charge is -2.31. The summed E-state index contributed by atoms with van der Waals surface area (Å²) in [4.78, 5) is 41.2. The van der Waals surface area contributed by atoms with E-state index in [-0.39, 0.29) is 37.6 Å². The molecule has 1 aliphatic rings. The zero-order valence-electron chi connectivity index (χ0n) is 22.3. The lowest BCUT2D eigenvalue weighted by Crippen LogP contribution is -2.37. The summed E-state index contributed by atoms with van der Waals surface area (Å²) in [6, 6.07) is 14.4. The number of rotatable bonds is 12. The molecule has 0 fully saturated rings. The Morgan fingerprint density at radius 2 is 1.98 bits per heavy atom. The summed E-state index contributed by atoms with van der Waals surface area (Å²) in [7, 11) is 1.22. The maximum atomic E-state index is 13.2. The van der Waals surface area contributed by atoms with Crippen LogP contribution in [0.15, 0.2) is 64.8 Å². The summed E-state index contributed by atoms with van der Waals surface area (Å²) in [5.41, 5.74) is 1.40. The number of nitro benzene ring substituents is 1. The number of benzene rings is 2. The molecule has 12 nitrogen and oxygen atoms in total. The minimum atomic E-state index is -0.974. The molecular weight excluding hydrogens is 520 g/mol. The lowest BCUT2D eigenvalue weighted by molar-refractivity contribution is -0.384. The van der Waals surface area contributed by atoms with E-state index in [1.165, 1.54) is 25.3 Å². The number of carbonyl (C=O) groups is 2. The number of esters is 2. The molecule has 0 aromatic heterocycles. The van der Waals surface area contributed by atoms with Crippen LogP contribution < -0.4 is 10.1 Å². The van der Waals surface area contributed by atoms with Gasteiger partial charge in [-0.25, -0.2) is 4.79 Å². The fraction of sp³-hybridized carbons (Fsp3) is 0.357. The Morgan fingerprint density at radius 3 is 2.67 bits per heavy atom. The van der Waals surface area contributed by atoms with E-state index in [1.54, 1.807) is 44.2 Å². The monoisotopic (exact) mass is 550 g/mol. The predicted octanol–water partition coefficient (Wildman–Crippen LogP) is 2.66. The van der Waals surface area contributed by atoms with Crippen LogP contribution in [0.2, 0.25) is 0 Å². The summed E-state index contributed by atoms with van der Waals surface area (Å²) in [5, 5.41) is 33.6. The first-order chi connectivity index (χ1) is 19.2. The SMILES string of the molecule is COC(=O)C1C(C)=NC(C)=C(C(=O)OCCNCC(O)COc2ccccc2C#N)C1c1cccc([N+](=O)[O-])c1. The number of nitrogens with one attached hydrogen (secondary N) is 1. The van der Waals surface area contributed by atoms with E-state index >= 15 is 0 Å². The van der Waals surface area contributed by atoms with E-state index in [4.69, 9.17) is 19.5 Å². The van der Waals surface area contributed by atoms with Gasteiger partial charge in [0.15, 0.2) is 0 Å². The second-order valence-corrected chi connectivity index (χ2v) is 9.00. The van der Waals surface area contributed by atoms with Gasteiger partial charge in [0.2, 0.25) is 0 Å². The number of methoxy groups -OCH3 is 1. The molecule has 2 aromatic rings. The fourth-order valence-corrected chi connectivity index (χ4v) is 4.42. The molecule has 0 saturated carbocycles. The van der Waals surface area contributed by atoms with Crippen molar-refractivity contribution in [3.8, 4) is 11.8 Å². The molecule has 0 saturated heterocycles. The van der Waals surface area contributed by atoms with Gasteiger partial charge in [-0.1, -0.05) is 24.3 Å². The van der Waals surface area contributed by atoms with Crippen LogP contribution in [0.4, 0.5) is 5.69 Å². The van der Waals surface area contributed by atoms with Crippen LogP contribution in [0.25, 0.3) is 0 Å². The van der Waals surface area contributed by atoms with Crippen LogP contribution in [0, 0.1) is 27.4 Å². The number of aliphatic hydroxyl groups excluding tert-OH is 1. The van der Waals surface area contributed by atoms with E-state index in [9.17, 15) is 24.8 Å². The average molecular weight is 551 g/mol. The number of aliphatic hydroxyl groups is 1. The van der Waals surface area contributed by atoms with Crippen molar-refractivity contribution in [2.45, 2.75) is 25.9 Å². The number of carbonyl (C=O) groups excluding carboxylic acids is 2. The van der Waals surface area contributed by atoms with Gasteiger partial charge in [0, 0.05) is 42.5 Å². The van der Waals surface area contributed by atoms with E-state index in [2.05, 4.69) is 10.3 Å². The molecule has 2 N–H and O–H groups in total. The Labute approximate surface area is 231 Å². The van der Waals surface area contributed by atoms with Crippen LogP contribution in [0.3, 0.4) is 0 Å². The van der Waals surface area contributed by atoms with Crippen molar-refractivity contribution in [3.63, 3.8) is 0 Å². The predicted molar refractivity (Wildman–Crippen MR) is 144 cm³/mol. The largest absolute Gasteiger partial charge is 0.489 e. The van der Waals surface area contributed by atoms with Gasteiger partial charge >= 0.3 is 11.9 Å². The van der Waals surface area contributed by atoms with Crippen molar-refractivity contribution in [3.05, 3.63) is 81.0 Å². The number of para-hydroxylation sites is 1. The maximum Gasteiger partial charge on any atom is 0.336 e. The van der Waals surface area contributed by atoms with E-state index in [0.29, 0.717) is 28.3 Å². The molecule has 2 aromatic carbocycles. The third-order valence-electron chi connectivity index (χ3n) is 6.27. The maximum absolute atomic E-state index is 13.2. The van der Waals surface area contributed by atoms with Crippen molar-refractivity contribution >= 4 is 23.3 Å². The summed E-state index contributed by atoms with van der Waals surface area (Å²) in [6.07, 6.45) is -0.887. The van der Waals surface area contributed by atoms with Gasteiger partial charge in [0.25, 0.3) is 5.69 Å². The summed E-state index contributed by atoms with van der Waals surface area (Å²) in [6.45, 7) is 3.47.